The molecule has 0 bridgehead atoms. The first-order valence-electron chi connectivity index (χ1n) is 9.94. The van der Waals surface area contributed by atoms with Gasteiger partial charge in [-0.25, -0.2) is 0 Å². The summed E-state index contributed by atoms with van der Waals surface area (Å²) in [5, 5.41) is 6.74. The van der Waals surface area contributed by atoms with Crippen molar-refractivity contribution in [3.8, 4) is 0 Å². The van der Waals surface area contributed by atoms with E-state index in [0.717, 1.165) is 31.9 Å². The number of rotatable bonds is 6. The number of nitrogens with zero attached hydrogens (tertiary/aromatic N) is 2. The molecule has 0 aromatic heterocycles. The normalized spacial score (nSPS) is 22.0. The van der Waals surface area contributed by atoms with Crippen molar-refractivity contribution in [2.24, 2.45) is 4.99 Å². The standard InChI is InChI=1S/C21H32N4O/c1-17-8-6-7-15-25(17)19(26)11-14-23-20(22-2)24-16-21(12-13-21)18-9-4-3-5-10-18/h3-5,9-10,17H,6-8,11-16H2,1-2H3,(H2,22,23,24). The van der Waals surface area contributed by atoms with Crippen LogP contribution in [0.15, 0.2) is 35.3 Å². The third kappa shape index (κ3) is 4.57. The van der Waals surface area contributed by atoms with Crippen LogP contribution in [0.1, 0.15) is 51.0 Å². The highest BCUT2D eigenvalue weighted by atomic mass is 16.2. The van der Waals surface area contributed by atoms with Gasteiger partial charge in [0.1, 0.15) is 0 Å². The topological polar surface area (TPSA) is 56.7 Å². The van der Waals surface area contributed by atoms with Crippen molar-refractivity contribution in [1.82, 2.24) is 15.5 Å². The van der Waals surface area contributed by atoms with Gasteiger partial charge in [0.15, 0.2) is 5.96 Å². The molecule has 142 valence electrons. The van der Waals surface area contributed by atoms with Gasteiger partial charge in [-0.2, -0.15) is 0 Å². The molecule has 1 saturated carbocycles. The Balaban J connectivity index is 1.42. The van der Waals surface area contributed by atoms with E-state index in [2.05, 4.69) is 52.9 Å². The van der Waals surface area contributed by atoms with E-state index in [9.17, 15) is 4.79 Å². The fourth-order valence-electron chi connectivity index (χ4n) is 3.88. The Kier molecular flexibility index (Phi) is 6.17. The van der Waals surface area contributed by atoms with E-state index in [1.807, 2.05) is 4.90 Å². The second kappa shape index (κ2) is 8.56. The lowest BCUT2D eigenvalue weighted by Gasteiger charge is -2.33. The highest BCUT2D eigenvalue weighted by Gasteiger charge is 2.44. The summed E-state index contributed by atoms with van der Waals surface area (Å²) in [4.78, 5) is 18.8. The fourth-order valence-corrected chi connectivity index (χ4v) is 3.88. The van der Waals surface area contributed by atoms with Crippen LogP contribution in [-0.2, 0) is 10.2 Å². The van der Waals surface area contributed by atoms with E-state index in [1.54, 1.807) is 7.05 Å². The van der Waals surface area contributed by atoms with Crippen molar-refractivity contribution in [2.45, 2.75) is 56.9 Å². The number of guanidine groups is 1. The van der Waals surface area contributed by atoms with Gasteiger partial charge in [0.05, 0.1) is 0 Å². The Morgan fingerprint density at radius 1 is 1.23 bits per heavy atom. The Labute approximate surface area is 157 Å². The first-order valence-corrected chi connectivity index (χ1v) is 9.94. The number of likely N-dealkylation sites (tertiary alicyclic amines) is 1. The molecule has 1 aromatic rings. The number of carbonyl (C=O) groups excluding carboxylic acids is 1. The molecule has 1 aromatic carbocycles. The van der Waals surface area contributed by atoms with Crippen LogP contribution in [0.25, 0.3) is 0 Å². The van der Waals surface area contributed by atoms with Crippen LogP contribution in [0.5, 0.6) is 0 Å². The van der Waals surface area contributed by atoms with E-state index in [4.69, 9.17) is 0 Å². The van der Waals surface area contributed by atoms with Gasteiger partial charge in [0.25, 0.3) is 0 Å². The Morgan fingerprint density at radius 2 is 2.00 bits per heavy atom. The molecule has 1 atom stereocenters. The lowest BCUT2D eigenvalue weighted by molar-refractivity contribution is -0.134. The minimum Gasteiger partial charge on any atom is -0.356 e. The van der Waals surface area contributed by atoms with Crippen molar-refractivity contribution in [3.63, 3.8) is 0 Å². The summed E-state index contributed by atoms with van der Waals surface area (Å²) in [6.07, 6.45) is 6.45. The molecular weight excluding hydrogens is 324 g/mol. The van der Waals surface area contributed by atoms with Gasteiger partial charge >= 0.3 is 0 Å². The molecule has 5 nitrogen and oxygen atoms in total. The minimum absolute atomic E-state index is 0.248. The van der Waals surface area contributed by atoms with Crippen molar-refractivity contribution < 1.29 is 4.79 Å². The first kappa shape index (κ1) is 18.7. The second-order valence-corrected chi connectivity index (χ2v) is 7.68. The largest absolute Gasteiger partial charge is 0.356 e. The van der Waals surface area contributed by atoms with Gasteiger partial charge in [-0.1, -0.05) is 30.3 Å². The van der Waals surface area contributed by atoms with E-state index in [1.165, 1.54) is 24.8 Å². The third-order valence-electron chi connectivity index (χ3n) is 5.81. The smallest absolute Gasteiger partial charge is 0.224 e. The number of carbonyl (C=O) groups is 1. The molecule has 5 heteroatoms. The number of amides is 1. The molecule has 0 spiro atoms. The molecule has 3 rings (SSSR count). The quantitative estimate of drug-likeness (QED) is 0.609. The zero-order valence-corrected chi connectivity index (χ0v) is 16.1. The fraction of sp³-hybridized carbons (Fsp3) is 0.619. The predicted octanol–water partition coefficient (Wildman–Crippen LogP) is 2.67. The first-order chi connectivity index (χ1) is 12.6. The van der Waals surface area contributed by atoms with Crippen molar-refractivity contribution in [2.75, 3.05) is 26.7 Å². The zero-order valence-electron chi connectivity index (χ0n) is 16.1. The summed E-state index contributed by atoms with van der Waals surface area (Å²) in [5.41, 5.74) is 1.65. The molecule has 1 unspecified atom stereocenters. The van der Waals surface area contributed by atoms with Crippen LogP contribution in [0.4, 0.5) is 0 Å². The highest BCUT2D eigenvalue weighted by molar-refractivity contribution is 5.81. The number of nitrogens with one attached hydrogen (secondary N) is 2. The van der Waals surface area contributed by atoms with Crippen LogP contribution < -0.4 is 10.6 Å². The number of piperidine rings is 1. The predicted molar refractivity (Wildman–Crippen MR) is 106 cm³/mol. The molecule has 2 fully saturated rings. The van der Waals surface area contributed by atoms with Gasteiger partial charge in [-0.15, -0.1) is 0 Å². The number of benzene rings is 1. The maximum Gasteiger partial charge on any atom is 0.224 e. The van der Waals surface area contributed by atoms with Crippen molar-refractivity contribution >= 4 is 11.9 Å². The van der Waals surface area contributed by atoms with Gasteiger partial charge in [-0.3, -0.25) is 9.79 Å². The summed E-state index contributed by atoms with van der Waals surface area (Å²) >= 11 is 0. The van der Waals surface area contributed by atoms with Crippen LogP contribution >= 0.6 is 0 Å². The van der Waals surface area contributed by atoms with Gasteiger partial charge < -0.3 is 15.5 Å². The Bertz CT molecular complexity index is 624. The molecule has 1 aliphatic carbocycles. The molecule has 0 radical (unpaired) electrons. The molecule has 1 amide bonds. The van der Waals surface area contributed by atoms with Gasteiger partial charge in [0.2, 0.25) is 5.91 Å². The molecule has 2 aliphatic rings. The Hall–Kier alpha value is -2.04. The van der Waals surface area contributed by atoms with Gasteiger partial charge in [-0.05, 0) is 44.6 Å². The van der Waals surface area contributed by atoms with E-state index >= 15 is 0 Å². The van der Waals surface area contributed by atoms with E-state index < -0.39 is 0 Å². The average Bonchev–Trinajstić information content (AvgIpc) is 3.46. The monoisotopic (exact) mass is 356 g/mol. The number of aliphatic imine (C=N–C) groups is 1. The summed E-state index contributed by atoms with van der Waals surface area (Å²) in [6.45, 7) is 4.57. The summed E-state index contributed by atoms with van der Waals surface area (Å²) in [7, 11) is 1.78. The molecule has 2 N–H and O–H groups in total. The van der Waals surface area contributed by atoms with Gasteiger partial charge in [0, 0.05) is 44.6 Å². The van der Waals surface area contributed by atoms with Crippen LogP contribution in [0, 0.1) is 0 Å². The summed E-state index contributed by atoms with van der Waals surface area (Å²) in [5.74, 6) is 1.04. The van der Waals surface area contributed by atoms with Crippen molar-refractivity contribution in [3.05, 3.63) is 35.9 Å². The zero-order chi connectivity index (χ0) is 18.4. The second-order valence-electron chi connectivity index (χ2n) is 7.68. The van der Waals surface area contributed by atoms with Crippen molar-refractivity contribution in [1.29, 1.82) is 0 Å². The average molecular weight is 357 g/mol. The Morgan fingerprint density at radius 3 is 2.65 bits per heavy atom. The molecule has 1 aliphatic heterocycles. The lowest BCUT2D eigenvalue weighted by Crippen LogP contribution is -2.45. The summed E-state index contributed by atoms with van der Waals surface area (Å²) < 4.78 is 0. The lowest BCUT2D eigenvalue weighted by atomic mass is 9.96. The molecular formula is C21H32N4O. The third-order valence-corrected chi connectivity index (χ3v) is 5.81. The summed E-state index contributed by atoms with van der Waals surface area (Å²) in [6, 6.07) is 11.1. The van der Waals surface area contributed by atoms with Crippen LogP contribution in [0.2, 0.25) is 0 Å². The van der Waals surface area contributed by atoms with Crippen LogP contribution in [0.3, 0.4) is 0 Å². The maximum absolute atomic E-state index is 12.4. The minimum atomic E-state index is 0.248. The highest BCUT2D eigenvalue weighted by Crippen LogP contribution is 2.47. The maximum atomic E-state index is 12.4. The molecule has 1 saturated heterocycles. The van der Waals surface area contributed by atoms with E-state index in [0.29, 0.717) is 19.0 Å². The number of hydrogen-bond donors (Lipinski definition) is 2. The number of hydrogen-bond acceptors (Lipinski definition) is 2. The van der Waals surface area contributed by atoms with E-state index in [-0.39, 0.29) is 11.3 Å². The SMILES string of the molecule is CN=C(NCCC(=O)N1CCCCC1C)NCC1(c2ccccc2)CC1. The molecule has 1 heterocycles. The molecule has 26 heavy (non-hydrogen) atoms. The van der Waals surface area contributed by atoms with Crippen LogP contribution in [-0.4, -0.2) is 49.5 Å².